The van der Waals surface area contributed by atoms with E-state index < -0.39 is 5.91 Å². The summed E-state index contributed by atoms with van der Waals surface area (Å²) in [5.74, 6) is -0.715. The molecule has 0 bridgehead atoms. The standard InChI is InChI=1S/C13H18N2O4/c1-9(16)18-8-11-4-5-12(19-11)15-6-2-3-10(7-15)13(14)17/h2-3,6,11-12H,4-5,7-8H2,1H3,(H2,14,17)/t11-,12+/m0/s1. The highest BCUT2D eigenvalue weighted by Gasteiger charge is 2.30. The molecule has 0 aromatic heterocycles. The van der Waals surface area contributed by atoms with Crippen LogP contribution in [0.25, 0.3) is 0 Å². The highest BCUT2D eigenvalue weighted by molar-refractivity contribution is 5.92. The molecular weight excluding hydrogens is 248 g/mol. The van der Waals surface area contributed by atoms with Crippen molar-refractivity contribution in [2.75, 3.05) is 13.2 Å². The number of ether oxygens (including phenoxy) is 2. The van der Waals surface area contributed by atoms with Crippen LogP contribution in [0, 0.1) is 0 Å². The van der Waals surface area contributed by atoms with E-state index in [1.54, 1.807) is 12.2 Å². The van der Waals surface area contributed by atoms with Crippen molar-refractivity contribution in [3.05, 3.63) is 23.9 Å². The number of esters is 1. The van der Waals surface area contributed by atoms with Gasteiger partial charge in [0.1, 0.15) is 12.8 Å². The molecule has 0 aromatic rings. The molecule has 1 amide bonds. The molecule has 1 fully saturated rings. The first-order chi connectivity index (χ1) is 9.06. The van der Waals surface area contributed by atoms with Crippen LogP contribution in [0.4, 0.5) is 0 Å². The summed E-state index contributed by atoms with van der Waals surface area (Å²) < 4.78 is 10.7. The van der Waals surface area contributed by atoms with Gasteiger partial charge in [-0.1, -0.05) is 6.08 Å². The van der Waals surface area contributed by atoms with Crippen LogP contribution in [0.1, 0.15) is 19.8 Å². The molecule has 2 rings (SSSR count). The summed E-state index contributed by atoms with van der Waals surface area (Å²) in [6, 6.07) is 0. The summed E-state index contributed by atoms with van der Waals surface area (Å²) >= 11 is 0. The summed E-state index contributed by atoms with van der Waals surface area (Å²) in [4.78, 5) is 23.8. The molecule has 6 nitrogen and oxygen atoms in total. The fourth-order valence-electron chi connectivity index (χ4n) is 2.19. The summed E-state index contributed by atoms with van der Waals surface area (Å²) in [5, 5.41) is 0. The van der Waals surface area contributed by atoms with Crippen molar-refractivity contribution in [1.82, 2.24) is 4.90 Å². The summed E-state index contributed by atoms with van der Waals surface area (Å²) in [6.07, 6.45) is 6.87. The van der Waals surface area contributed by atoms with Gasteiger partial charge in [0.25, 0.3) is 0 Å². The number of rotatable bonds is 4. The molecule has 0 unspecified atom stereocenters. The lowest BCUT2D eigenvalue weighted by Crippen LogP contribution is -2.36. The van der Waals surface area contributed by atoms with E-state index in [9.17, 15) is 9.59 Å². The van der Waals surface area contributed by atoms with Crippen molar-refractivity contribution in [2.45, 2.75) is 32.1 Å². The van der Waals surface area contributed by atoms with Crippen LogP contribution in [0.15, 0.2) is 23.9 Å². The average molecular weight is 266 g/mol. The third kappa shape index (κ3) is 3.57. The largest absolute Gasteiger partial charge is 0.463 e. The number of nitrogens with two attached hydrogens (primary N) is 1. The number of allylic oxidation sites excluding steroid dienone is 2. The van der Waals surface area contributed by atoms with Gasteiger partial charge in [-0.2, -0.15) is 0 Å². The number of amides is 1. The Morgan fingerprint density at radius 1 is 1.53 bits per heavy atom. The van der Waals surface area contributed by atoms with E-state index in [4.69, 9.17) is 15.2 Å². The van der Waals surface area contributed by atoms with E-state index in [0.29, 0.717) is 12.1 Å². The van der Waals surface area contributed by atoms with Crippen LogP contribution >= 0.6 is 0 Å². The van der Waals surface area contributed by atoms with Crippen LogP contribution < -0.4 is 5.73 Å². The number of primary amides is 1. The number of hydrogen-bond acceptors (Lipinski definition) is 5. The zero-order valence-corrected chi connectivity index (χ0v) is 10.9. The van der Waals surface area contributed by atoms with E-state index in [1.165, 1.54) is 6.92 Å². The Bertz CT molecular complexity index is 430. The molecule has 2 aliphatic heterocycles. The van der Waals surface area contributed by atoms with Gasteiger partial charge in [0.05, 0.1) is 12.6 Å². The lowest BCUT2D eigenvalue weighted by atomic mass is 10.1. The predicted molar refractivity (Wildman–Crippen MR) is 67.7 cm³/mol. The predicted octanol–water partition coefficient (Wildman–Crippen LogP) is 0.296. The van der Waals surface area contributed by atoms with Crippen molar-refractivity contribution in [3.8, 4) is 0 Å². The second-order valence-electron chi connectivity index (χ2n) is 4.66. The molecular formula is C13H18N2O4. The molecule has 0 radical (unpaired) electrons. The van der Waals surface area contributed by atoms with Gasteiger partial charge in [-0.15, -0.1) is 0 Å². The topological polar surface area (TPSA) is 81.9 Å². The average Bonchev–Trinajstić information content (AvgIpc) is 2.85. The Morgan fingerprint density at radius 2 is 2.32 bits per heavy atom. The lowest BCUT2D eigenvalue weighted by molar-refractivity contribution is -0.146. The quantitative estimate of drug-likeness (QED) is 0.740. The molecule has 19 heavy (non-hydrogen) atoms. The fraction of sp³-hybridized carbons (Fsp3) is 0.538. The summed E-state index contributed by atoms with van der Waals surface area (Å²) in [7, 11) is 0. The van der Waals surface area contributed by atoms with Gasteiger partial charge in [0.15, 0.2) is 0 Å². The van der Waals surface area contributed by atoms with Crippen LogP contribution in [-0.2, 0) is 19.1 Å². The molecule has 2 heterocycles. The van der Waals surface area contributed by atoms with Gasteiger partial charge in [-0.25, -0.2) is 0 Å². The van der Waals surface area contributed by atoms with Crippen molar-refractivity contribution >= 4 is 11.9 Å². The zero-order chi connectivity index (χ0) is 13.8. The number of carbonyl (C=O) groups excluding carboxylic acids is 2. The first-order valence-corrected chi connectivity index (χ1v) is 6.28. The lowest BCUT2D eigenvalue weighted by Gasteiger charge is -2.29. The number of carbonyl (C=O) groups is 2. The first-order valence-electron chi connectivity index (χ1n) is 6.28. The van der Waals surface area contributed by atoms with Gasteiger partial charge < -0.3 is 20.1 Å². The maximum Gasteiger partial charge on any atom is 0.302 e. The second-order valence-corrected chi connectivity index (χ2v) is 4.66. The molecule has 2 aliphatic rings. The maximum atomic E-state index is 11.2. The molecule has 0 aromatic carbocycles. The molecule has 6 heteroatoms. The van der Waals surface area contributed by atoms with Crippen molar-refractivity contribution < 1.29 is 19.1 Å². The minimum atomic E-state index is -0.413. The molecule has 2 N–H and O–H groups in total. The van der Waals surface area contributed by atoms with E-state index >= 15 is 0 Å². The van der Waals surface area contributed by atoms with Crippen molar-refractivity contribution in [2.24, 2.45) is 5.73 Å². The molecule has 104 valence electrons. The molecule has 1 saturated heterocycles. The van der Waals surface area contributed by atoms with Crippen molar-refractivity contribution in [3.63, 3.8) is 0 Å². The minimum absolute atomic E-state index is 0.0785. The molecule has 0 saturated carbocycles. The van der Waals surface area contributed by atoms with E-state index in [2.05, 4.69) is 0 Å². The first kappa shape index (κ1) is 13.6. The Balaban J connectivity index is 1.85. The Kier molecular flexibility index (Phi) is 4.21. The second kappa shape index (κ2) is 5.88. The number of hydrogen-bond donors (Lipinski definition) is 1. The fourth-order valence-corrected chi connectivity index (χ4v) is 2.19. The van der Waals surface area contributed by atoms with E-state index in [0.717, 1.165) is 12.8 Å². The highest BCUT2D eigenvalue weighted by atomic mass is 16.6. The van der Waals surface area contributed by atoms with Crippen LogP contribution in [-0.4, -0.2) is 42.3 Å². The van der Waals surface area contributed by atoms with Gasteiger partial charge in [-0.05, 0) is 18.9 Å². The number of nitrogens with zero attached hydrogens (tertiary/aromatic N) is 1. The van der Waals surface area contributed by atoms with E-state index in [1.807, 2.05) is 11.1 Å². The van der Waals surface area contributed by atoms with Crippen LogP contribution in [0.5, 0.6) is 0 Å². The third-order valence-corrected chi connectivity index (χ3v) is 3.17. The summed E-state index contributed by atoms with van der Waals surface area (Å²) in [5.41, 5.74) is 5.83. The third-order valence-electron chi connectivity index (χ3n) is 3.17. The van der Waals surface area contributed by atoms with Gasteiger partial charge >= 0.3 is 5.97 Å². The molecule has 2 atom stereocenters. The molecule has 0 aliphatic carbocycles. The normalized spacial score (nSPS) is 26.2. The minimum Gasteiger partial charge on any atom is -0.463 e. The smallest absolute Gasteiger partial charge is 0.302 e. The molecule has 0 spiro atoms. The SMILES string of the molecule is CC(=O)OC[C@@H]1CC[C@H](N2C=CC=C(C(N)=O)C2)O1. The van der Waals surface area contributed by atoms with Crippen LogP contribution in [0.3, 0.4) is 0 Å². The summed E-state index contributed by atoms with van der Waals surface area (Å²) in [6.45, 7) is 2.11. The van der Waals surface area contributed by atoms with Gasteiger partial charge in [0, 0.05) is 18.7 Å². The maximum absolute atomic E-state index is 11.2. The van der Waals surface area contributed by atoms with Crippen molar-refractivity contribution in [1.29, 1.82) is 0 Å². The Morgan fingerprint density at radius 3 is 3.00 bits per heavy atom. The monoisotopic (exact) mass is 266 g/mol. The Hall–Kier alpha value is -1.82. The van der Waals surface area contributed by atoms with Gasteiger partial charge in [-0.3, -0.25) is 9.59 Å². The zero-order valence-electron chi connectivity index (χ0n) is 10.9. The van der Waals surface area contributed by atoms with Gasteiger partial charge in [0.2, 0.25) is 5.91 Å². The highest BCUT2D eigenvalue weighted by Crippen LogP contribution is 2.25. The van der Waals surface area contributed by atoms with E-state index in [-0.39, 0.29) is 24.9 Å². The Labute approximate surface area is 111 Å². The van der Waals surface area contributed by atoms with Crippen LogP contribution in [0.2, 0.25) is 0 Å².